The van der Waals surface area contributed by atoms with Gasteiger partial charge in [0.1, 0.15) is 6.10 Å². The second-order valence-corrected chi connectivity index (χ2v) is 6.08. The van der Waals surface area contributed by atoms with E-state index >= 15 is 0 Å². The summed E-state index contributed by atoms with van der Waals surface area (Å²) < 4.78 is 1.07. The van der Waals surface area contributed by atoms with Crippen LogP contribution in [0.2, 0.25) is 0 Å². The third-order valence-corrected chi connectivity index (χ3v) is 4.32. The zero-order valence-electron chi connectivity index (χ0n) is 11.1. The minimum absolute atomic E-state index is 0.0419. The summed E-state index contributed by atoms with van der Waals surface area (Å²) in [7, 11) is 1.96. The van der Waals surface area contributed by atoms with Crippen molar-refractivity contribution in [3.8, 4) is 0 Å². The predicted octanol–water partition coefficient (Wildman–Crippen LogP) is 3.79. The van der Waals surface area contributed by atoms with Gasteiger partial charge in [-0.15, -0.1) is 0 Å². The first-order valence-electron chi connectivity index (χ1n) is 6.66. The Hall–Kier alpha value is -1.43. The van der Waals surface area contributed by atoms with Crippen LogP contribution in [0.25, 0.3) is 21.8 Å². The maximum atomic E-state index is 5.82. The molecule has 0 saturated carbocycles. The number of nitrogens with zero attached hydrogens (tertiary/aromatic N) is 2. The van der Waals surface area contributed by atoms with Crippen LogP contribution < -0.4 is 0 Å². The van der Waals surface area contributed by atoms with E-state index < -0.39 is 0 Å². The number of hydrogen-bond acceptors (Lipinski definition) is 3. The molecule has 20 heavy (non-hydrogen) atoms. The lowest BCUT2D eigenvalue weighted by Gasteiger charge is -2.11. The van der Waals surface area contributed by atoms with Crippen LogP contribution in [-0.4, -0.2) is 28.6 Å². The Kier molecular flexibility index (Phi) is 2.80. The molecule has 5 heteroatoms. The third kappa shape index (κ3) is 1.85. The summed E-state index contributed by atoms with van der Waals surface area (Å²) in [4.78, 5) is 13.9. The molecule has 1 aliphatic heterocycles. The molecule has 1 aliphatic rings. The van der Waals surface area contributed by atoms with Crippen LogP contribution in [0.1, 0.15) is 18.2 Å². The van der Waals surface area contributed by atoms with E-state index in [1.165, 1.54) is 10.8 Å². The summed E-state index contributed by atoms with van der Waals surface area (Å²) >= 11 is 3.52. The molecule has 1 atom stereocenters. The van der Waals surface area contributed by atoms with Gasteiger partial charge in [-0.25, -0.2) is 0 Å². The highest BCUT2D eigenvalue weighted by Crippen LogP contribution is 2.34. The molecule has 0 aliphatic carbocycles. The number of benzene rings is 1. The van der Waals surface area contributed by atoms with E-state index in [9.17, 15) is 0 Å². The number of H-pyrrole nitrogens is 1. The van der Waals surface area contributed by atoms with Gasteiger partial charge in [0.15, 0.2) is 0 Å². The van der Waals surface area contributed by atoms with Crippen molar-refractivity contribution >= 4 is 37.7 Å². The SMILES string of the molecule is CN1CC[C@H](c2nccc3c2[nH]c2cc(Br)ccc23)O1. The summed E-state index contributed by atoms with van der Waals surface area (Å²) in [5.74, 6) is 0. The van der Waals surface area contributed by atoms with Crippen LogP contribution in [0.4, 0.5) is 0 Å². The summed E-state index contributed by atoms with van der Waals surface area (Å²) in [5, 5.41) is 4.30. The predicted molar refractivity (Wildman–Crippen MR) is 82.4 cm³/mol. The molecule has 0 amide bonds. The molecule has 4 rings (SSSR count). The molecular weight excluding hydrogens is 318 g/mol. The standard InChI is InChI=1S/C15H14BrN3O/c1-19-7-5-13(20-19)15-14-11(4-6-17-15)10-3-2-9(16)8-12(10)18-14/h2-4,6,8,13,18H,5,7H2,1H3/t13-/m1/s1. The molecule has 0 unspecified atom stereocenters. The van der Waals surface area contributed by atoms with Crippen LogP contribution in [0.5, 0.6) is 0 Å². The number of hydroxylamine groups is 2. The van der Waals surface area contributed by atoms with Crippen LogP contribution in [0.15, 0.2) is 34.9 Å². The van der Waals surface area contributed by atoms with Gasteiger partial charge in [0, 0.05) is 40.6 Å². The lowest BCUT2D eigenvalue weighted by Crippen LogP contribution is -2.11. The van der Waals surface area contributed by atoms with Crippen LogP contribution in [0, 0.1) is 0 Å². The van der Waals surface area contributed by atoms with Gasteiger partial charge in [0.05, 0.1) is 11.2 Å². The molecule has 2 aromatic heterocycles. The Morgan fingerprint density at radius 2 is 2.25 bits per heavy atom. The summed E-state index contributed by atoms with van der Waals surface area (Å²) in [6.45, 7) is 0.939. The number of fused-ring (bicyclic) bond motifs is 3. The Morgan fingerprint density at radius 1 is 1.35 bits per heavy atom. The summed E-state index contributed by atoms with van der Waals surface area (Å²) in [6.07, 6.45) is 2.89. The van der Waals surface area contributed by atoms with Crippen LogP contribution in [0.3, 0.4) is 0 Å². The number of halogens is 1. The molecule has 102 valence electrons. The first-order chi connectivity index (χ1) is 9.72. The van der Waals surface area contributed by atoms with Gasteiger partial charge in [-0.2, -0.15) is 5.06 Å². The largest absolute Gasteiger partial charge is 0.353 e. The number of hydrogen-bond donors (Lipinski definition) is 1. The van der Waals surface area contributed by atoms with E-state index in [2.05, 4.69) is 50.2 Å². The smallest absolute Gasteiger partial charge is 0.125 e. The maximum absolute atomic E-state index is 5.82. The number of pyridine rings is 1. The molecule has 0 radical (unpaired) electrons. The fourth-order valence-corrected chi connectivity index (χ4v) is 3.24. The zero-order valence-corrected chi connectivity index (χ0v) is 12.6. The average molecular weight is 332 g/mol. The van der Waals surface area contributed by atoms with Crippen molar-refractivity contribution in [2.45, 2.75) is 12.5 Å². The average Bonchev–Trinajstić information content (AvgIpc) is 3.01. The second-order valence-electron chi connectivity index (χ2n) is 5.17. The summed E-state index contributed by atoms with van der Waals surface area (Å²) in [6, 6.07) is 8.35. The van der Waals surface area contributed by atoms with Crippen molar-refractivity contribution in [2.24, 2.45) is 0 Å². The first-order valence-corrected chi connectivity index (χ1v) is 7.45. The maximum Gasteiger partial charge on any atom is 0.125 e. The van der Waals surface area contributed by atoms with Gasteiger partial charge in [-0.1, -0.05) is 22.0 Å². The molecule has 1 aromatic carbocycles. The van der Waals surface area contributed by atoms with Gasteiger partial charge in [-0.05, 0) is 24.6 Å². The lowest BCUT2D eigenvalue weighted by molar-refractivity contribution is -0.128. The Morgan fingerprint density at radius 3 is 3.05 bits per heavy atom. The van der Waals surface area contributed by atoms with Crippen molar-refractivity contribution < 1.29 is 4.84 Å². The minimum atomic E-state index is 0.0419. The van der Waals surface area contributed by atoms with Crippen LogP contribution >= 0.6 is 15.9 Å². The van der Waals surface area contributed by atoms with E-state index in [0.717, 1.165) is 34.2 Å². The molecule has 3 aromatic rings. The van der Waals surface area contributed by atoms with Crippen molar-refractivity contribution in [2.75, 3.05) is 13.6 Å². The number of aromatic amines is 1. The van der Waals surface area contributed by atoms with Gasteiger partial charge in [0.25, 0.3) is 0 Å². The molecule has 4 nitrogen and oxygen atoms in total. The minimum Gasteiger partial charge on any atom is -0.353 e. The fraction of sp³-hybridized carbons (Fsp3) is 0.267. The van der Waals surface area contributed by atoms with E-state index in [1.54, 1.807) is 0 Å². The topological polar surface area (TPSA) is 41.2 Å². The lowest BCUT2D eigenvalue weighted by atomic mass is 10.1. The highest BCUT2D eigenvalue weighted by molar-refractivity contribution is 9.10. The van der Waals surface area contributed by atoms with Gasteiger partial charge < -0.3 is 4.98 Å². The zero-order chi connectivity index (χ0) is 13.7. The van der Waals surface area contributed by atoms with Gasteiger partial charge in [0.2, 0.25) is 0 Å². The Bertz CT molecular complexity index is 798. The Labute approximate surface area is 124 Å². The van der Waals surface area contributed by atoms with E-state index in [1.807, 2.05) is 18.3 Å². The number of aromatic nitrogens is 2. The van der Waals surface area contributed by atoms with Crippen molar-refractivity contribution in [3.63, 3.8) is 0 Å². The molecular formula is C15H14BrN3O. The quantitative estimate of drug-likeness (QED) is 0.737. The number of rotatable bonds is 1. The Balaban J connectivity index is 1.96. The highest BCUT2D eigenvalue weighted by atomic mass is 79.9. The van der Waals surface area contributed by atoms with Crippen molar-refractivity contribution in [1.82, 2.24) is 15.0 Å². The fourth-order valence-electron chi connectivity index (χ4n) is 2.88. The van der Waals surface area contributed by atoms with E-state index in [0.29, 0.717) is 0 Å². The van der Waals surface area contributed by atoms with E-state index in [-0.39, 0.29) is 6.10 Å². The third-order valence-electron chi connectivity index (χ3n) is 3.83. The van der Waals surface area contributed by atoms with Gasteiger partial charge >= 0.3 is 0 Å². The second kappa shape index (κ2) is 4.55. The summed E-state index contributed by atoms with van der Waals surface area (Å²) in [5.41, 5.74) is 3.20. The van der Waals surface area contributed by atoms with Crippen molar-refractivity contribution in [3.05, 3.63) is 40.6 Å². The molecule has 1 N–H and O–H groups in total. The van der Waals surface area contributed by atoms with E-state index in [4.69, 9.17) is 4.84 Å². The highest BCUT2D eigenvalue weighted by Gasteiger charge is 2.26. The van der Waals surface area contributed by atoms with Gasteiger partial charge in [-0.3, -0.25) is 9.82 Å². The molecule has 3 heterocycles. The molecule has 0 bridgehead atoms. The first kappa shape index (κ1) is 12.3. The number of nitrogens with one attached hydrogen (secondary N) is 1. The molecule has 1 saturated heterocycles. The van der Waals surface area contributed by atoms with Crippen LogP contribution in [-0.2, 0) is 4.84 Å². The monoisotopic (exact) mass is 331 g/mol. The normalized spacial score (nSPS) is 20.2. The van der Waals surface area contributed by atoms with Crippen molar-refractivity contribution in [1.29, 1.82) is 0 Å². The molecule has 0 spiro atoms. The molecule has 1 fully saturated rings.